The number of amides is 2. The first-order valence-corrected chi connectivity index (χ1v) is 7.06. The van der Waals surface area contributed by atoms with Crippen molar-refractivity contribution < 1.29 is 14.7 Å². The Bertz CT molecular complexity index is 644. The van der Waals surface area contributed by atoms with Crippen LogP contribution in [0.25, 0.3) is 0 Å². The number of rotatable bonds is 5. The largest absolute Gasteiger partial charge is 0.478 e. The number of aromatic carboxylic acids is 1. The fourth-order valence-corrected chi connectivity index (χ4v) is 2.10. The number of halogens is 1. The zero-order chi connectivity index (χ0) is 15.2. The fourth-order valence-electron chi connectivity index (χ4n) is 1.60. The van der Waals surface area contributed by atoms with Gasteiger partial charge in [0, 0.05) is 16.3 Å². The maximum atomic E-state index is 11.7. The van der Waals surface area contributed by atoms with E-state index in [1.165, 1.54) is 6.07 Å². The Balaban J connectivity index is 1.92. The number of carboxylic acids is 1. The quantitative estimate of drug-likeness (QED) is 0.657. The van der Waals surface area contributed by atoms with Crippen LogP contribution in [0, 0.1) is 3.57 Å². The van der Waals surface area contributed by atoms with Gasteiger partial charge in [-0.15, -0.1) is 5.10 Å². The highest BCUT2D eigenvalue weighted by Crippen LogP contribution is 2.18. The summed E-state index contributed by atoms with van der Waals surface area (Å²) in [5.41, 5.74) is 0.300. The van der Waals surface area contributed by atoms with Crippen molar-refractivity contribution in [3.8, 4) is 0 Å². The van der Waals surface area contributed by atoms with Crippen molar-refractivity contribution in [2.75, 3.05) is 11.9 Å². The second-order valence-electron chi connectivity index (χ2n) is 4.04. The topological polar surface area (TPSA) is 109 Å². The van der Waals surface area contributed by atoms with Crippen LogP contribution in [0.5, 0.6) is 0 Å². The van der Waals surface area contributed by atoms with Gasteiger partial charge in [0.2, 0.25) is 0 Å². The average molecular weight is 401 g/mol. The van der Waals surface area contributed by atoms with Gasteiger partial charge >= 0.3 is 12.0 Å². The standard InChI is InChI=1S/C12H12IN5O3/c13-8-1-2-10(9(7-8)11(19)20)16-12(21)14-3-5-18-6-4-15-17-18/h1-2,4,6-7H,3,5H2,(H,19,20)(H2,14,16,21). The maximum Gasteiger partial charge on any atom is 0.337 e. The molecule has 9 heteroatoms. The van der Waals surface area contributed by atoms with Crippen LogP contribution in [0.15, 0.2) is 30.6 Å². The van der Waals surface area contributed by atoms with Gasteiger partial charge in [0.15, 0.2) is 0 Å². The summed E-state index contributed by atoms with van der Waals surface area (Å²) in [6.45, 7) is 0.827. The number of urea groups is 1. The molecule has 0 radical (unpaired) electrons. The van der Waals surface area contributed by atoms with Crippen LogP contribution in [0.4, 0.5) is 10.5 Å². The zero-order valence-electron chi connectivity index (χ0n) is 10.8. The molecule has 1 aromatic heterocycles. The van der Waals surface area contributed by atoms with E-state index in [2.05, 4.69) is 20.9 Å². The number of benzene rings is 1. The van der Waals surface area contributed by atoms with Crippen molar-refractivity contribution in [3.05, 3.63) is 39.7 Å². The van der Waals surface area contributed by atoms with Gasteiger partial charge in [-0.2, -0.15) is 0 Å². The number of anilines is 1. The molecular weight excluding hydrogens is 389 g/mol. The van der Waals surface area contributed by atoms with Crippen LogP contribution in [-0.4, -0.2) is 38.6 Å². The van der Waals surface area contributed by atoms with Crippen molar-refractivity contribution in [3.63, 3.8) is 0 Å². The van der Waals surface area contributed by atoms with E-state index in [1.807, 2.05) is 22.6 Å². The van der Waals surface area contributed by atoms with Gasteiger partial charge in [-0.3, -0.25) is 4.68 Å². The van der Waals surface area contributed by atoms with Gasteiger partial charge in [0.1, 0.15) is 0 Å². The minimum absolute atomic E-state index is 0.0494. The van der Waals surface area contributed by atoms with E-state index < -0.39 is 12.0 Å². The summed E-state index contributed by atoms with van der Waals surface area (Å²) in [5, 5.41) is 21.7. The zero-order valence-corrected chi connectivity index (χ0v) is 12.9. The molecule has 0 fully saturated rings. The van der Waals surface area contributed by atoms with Crippen LogP contribution in [0.3, 0.4) is 0 Å². The van der Waals surface area contributed by atoms with Crippen molar-refractivity contribution in [1.82, 2.24) is 20.3 Å². The second-order valence-corrected chi connectivity index (χ2v) is 5.29. The molecule has 2 amide bonds. The van der Waals surface area contributed by atoms with Crippen molar-refractivity contribution in [2.24, 2.45) is 0 Å². The molecule has 0 aliphatic rings. The predicted molar refractivity (Wildman–Crippen MR) is 83.2 cm³/mol. The molecule has 2 aromatic rings. The highest BCUT2D eigenvalue weighted by atomic mass is 127. The first-order valence-electron chi connectivity index (χ1n) is 5.98. The molecule has 0 saturated carbocycles. The lowest BCUT2D eigenvalue weighted by molar-refractivity contribution is 0.0698. The number of hydrogen-bond donors (Lipinski definition) is 3. The number of nitrogens with one attached hydrogen (secondary N) is 2. The summed E-state index contributed by atoms with van der Waals surface area (Å²) in [4.78, 5) is 22.9. The fraction of sp³-hybridized carbons (Fsp3) is 0.167. The summed E-state index contributed by atoms with van der Waals surface area (Å²) in [7, 11) is 0. The summed E-state index contributed by atoms with van der Waals surface area (Å²) in [6.07, 6.45) is 3.23. The number of nitrogens with zero attached hydrogens (tertiary/aromatic N) is 3. The van der Waals surface area contributed by atoms with Gasteiger partial charge in [0.05, 0.1) is 24.0 Å². The number of carbonyl (C=O) groups excluding carboxylic acids is 1. The van der Waals surface area contributed by atoms with Gasteiger partial charge in [0.25, 0.3) is 0 Å². The number of carboxylic acid groups (broad SMARTS) is 1. The van der Waals surface area contributed by atoms with E-state index in [4.69, 9.17) is 5.11 Å². The second kappa shape index (κ2) is 7.02. The van der Waals surface area contributed by atoms with Crippen LogP contribution in [-0.2, 0) is 6.54 Å². The molecule has 2 rings (SSSR count). The maximum absolute atomic E-state index is 11.7. The Morgan fingerprint density at radius 2 is 2.19 bits per heavy atom. The van der Waals surface area contributed by atoms with E-state index in [0.717, 1.165) is 3.57 Å². The number of hydrogen-bond acceptors (Lipinski definition) is 4. The number of aromatic nitrogens is 3. The molecular formula is C12H12IN5O3. The monoisotopic (exact) mass is 401 g/mol. The van der Waals surface area contributed by atoms with Crippen LogP contribution in [0.2, 0.25) is 0 Å². The van der Waals surface area contributed by atoms with Crippen molar-refractivity contribution >= 4 is 40.3 Å². The van der Waals surface area contributed by atoms with E-state index >= 15 is 0 Å². The first kappa shape index (κ1) is 15.2. The van der Waals surface area contributed by atoms with Crippen molar-refractivity contribution in [1.29, 1.82) is 0 Å². The van der Waals surface area contributed by atoms with E-state index in [0.29, 0.717) is 13.1 Å². The molecule has 3 N–H and O–H groups in total. The minimum atomic E-state index is -1.09. The summed E-state index contributed by atoms with van der Waals surface area (Å²) in [5.74, 6) is -1.09. The summed E-state index contributed by atoms with van der Waals surface area (Å²) >= 11 is 2.01. The molecule has 1 aromatic carbocycles. The van der Waals surface area contributed by atoms with E-state index in [-0.39, 0.29) is 11.3 Å². The highest BCUT2D eigenvalue weighted by molar-refractivity contribution is 14.1. The van der Waals surface area contributed by atoms with Crippen LogP contribution in [0.1, 0.15) is 10.4 Å². The molecule has 0 saturated heterocycles. The Hall–Kier alpha value is -2.17. The molecule has 8 nitrogen and oxygen atoms in total. The van der Waals surface area contributed by atoms with Crippen LogP contribution >= 0.6 is 22.6 Å². The lowest BCUT2D eigenvalue weighted by Crippen LogP contribution is -2.32. The Labute approximate surface area is 133 Å². The highest BCUT2D eigenvalue weighted by Gasteiger charge is 2.12. The smallest absolute Gasteiger partial charge is 0.337 e. The summed E-state index contributed by atoms with van der Waals surface area (Å²) in [6, 6.07) is 4.30. The van der Waals surface area contributed by atoms with E-state index in [1.54, 1.807) is 29.2 Å². The van der Waals surface area contributed by atoms with E-state index in [9.17, 15) is 9.59 Å². The summed E-state index contributed by atoms with van der Waals surface area (Å²) < 4.78 is 2.36. The average Bonchev–Trinajstić information content (AvgIpc) is 2.94. The lowest BCUT2D eigenvalue weighted by Gasteiger charge is -2.10. The molecule has 0 unspecified atom stereocenters. The SMILES string of the molecule is O=C(NCCn1ccnn1)Nc1ccc(I)cc1C(=O)O. The van der Waals surface area contributed by atoms with Crippen LogP contribution < -0.4 is 10.6 Å². The van der Waals surface area contributed by atoms with Gasteiger partial charge in [-0.25, -0.2) is 9.59 Å². The molecule has 0 bridgehead atoms. The number of carbonyl (C=O) groups is 2. The molecule has 110 valence electrons. The molecule has 0 spiro atoms. The Kier molecular flexibility index (Phi) is 5.09. The third-order valence-corrected chi connectivity index (χ3v) is 3.23. The van der Waals surface area contributed by atoms with Gasteiger partial charge in [-0.1, -0.05) is 5.21 Å². The molecule has 0 aliphatic heterocycles. The first-order chi connectivity index (χ1) is 10.1. The lowest BCUT2D eigenvalue weighted by atomic mass is 10.2. The van der Waals surface area contributed by atoms with Gasteiger partial charge in [-0.05, 0) is 40.8 Å². The van der Waals surface area contributed by atoms with Gasteiger partial charge < -0.3 is 15.7 Å². The minimum Gasteiger partial charge on any atom is -0.478 e. The molecule has 0 aliphatic carbocycles. The normalized spacial score (nSPS) is 10.1. The predicted octanol–water partition coefficient (Wildman–Crippen LogP) is 1.40. The molecule has 0 atom stereocenters. The molecule has 21 heavy (non-hydrogen) atoms. The Morgan fingerprint density at radius 3 is 2.86 bits per heavy atom. The third kappa shape index (κ3) is 4.41. The molecule has 1 heterocycles. The van der Waals surface area contributed by atoms with Crippen molar-refractivity contribution in [2.45, 2.75) is 6.54 Å². The Morgan fingerprint density at radius 1 is 1.38 bits per heavy atom. The third-order valence-electron chi connectivity index (χ3n) is 2.56.